The topological polar surface area (TPSA) is 85.0 Å². The second-order valence-corrected chi connectivity index (χ2v) is 4.87. The van der Waals surface area contributed by atoms with Crippen LogP contribution in [0.25, 0.3) is 0 Å². The van der Waals surface area contributed by atoms with Gasteiger partial charge in [0.05, 0.1) is 17.9 Å². The van der Waals surface area contributed by atoms with E-state index in [0.717, 1.165) is 0 Å². The van der Waals surface area contributed by atoms with Gasteiger partial charge in [0, 0.05) is 25.9 Å². The number of nitriles is 2. The summed E-state index contributed by atoms with van der Waals surface area (Å²) in [5, 5.41) is 16.7. The molecule has 0 N–H and O–H groups in total. The van der Waals surface area contributed by atoms with Gasteiger partial charge in [-0.25, -0.2) is 8.42 Å². The van der Waals surface area contributed by atoms with Crippen molar-refractivity contribution in [3.8, 4) is 12.1 Å². The number of hydrogen-bond donors (Lipinski definition) is 0. The average molecular weight is 215 g/mol. The maximum Gasteiger partial charge on any atom is 0.213 e. The van der Waals surface area contributed by atoms with Crippen LogP contribution in [0.15, 0.2) is 0 Å². The lowest BCUT2D eigenvalue weighted by Gasteiger charge is -2.18. The van der Waals surface area contributed by atoms with Crippen molar-refractivity contribution in [1.82, 2.24) is 4.31 Å². The Balaban J connectivity index is 4.42. The summed E-state index contributed by atoms with van der Waals surface area (Å²) in [5.41, 5.74) is 0. The van der Waals surface area contributed by atoms with E-state index in [4.69, 9.17) is 10.5 Å². The number of rotatable bonds is 6. The summed E-state index contributed by atoms with van der Waals surface area (Å²) in [4.78, 5) is 0. The summed E-state index contributed by atoms with van der Waals surface area (Å²) >= 11 is 0. The second-order valence-electron chi connectivity index (χ2n) is 2.62. The molecule has 0 atom stereocenters. The minimum Gasteiger partial charge on any atom is -0.212 e. The molecule has 0 radical (unpaired) electrons. The molecular weight excluding hydrogens is 202 g/mol. The predicted molar refractivity (Wildman–Crippen MR) is 51.5 cm³/mol. The molecule has 0 fully saturated rings. The lowest BCUT2D eigenvalue weighted by Crippen LogP contribution is -2.33. The zero-order chi connectivity index (χ0) is 11.0. The Labute approximate surface area is 84.6 Å². The third-order valence-electron chi connectivity index (χ3n) is 1.70. The van der Waals surface area contributed by atoms with Crippen LogP contribution in [0.2, 0.25) is 0 Å². The highest BCUT2D eigenvalue weighted by atomic mass is 32.2. The minimum atomic E-state index is -3.27. The molecule has 0 heterocycles. The van der Waals surface area contributed by atoms with Gasteiger partial charge < -0.3 is 0 Å². The quantitative estimate of drug-likeness (QED) is 0.644. The maximum absolute atomic E-state index is 11.4. The molecule has 5 nitrogen and oxygen atoms in total. The van der Waals surface area contributed by atoms with E-state index in [1.165, 1.54) is 4.31 Å². The first kappa shape index (κ1) is 12.9. The third-order valence-corrected chi connectivity index (χ3v) is 3.59. The van der Waals surface area contributed by atoms with E-state index in [-0.39, 0.29) is 31.7 Å². The fourth-order valence-corrected chi connectivity index (χ4v) is 2.03. The molecule has 0 rings (SSSR count). The monoisotopic (exact) mass is 215 g/mol. The van der Waals surface area contributed by atoms with Gasteiger partial charge in [0.1, 0.15) is 0 Å². The van der Waals surface area contributed by atoms with Crippen LogP contribution in [-0.4, -0.2) is 31.6 Å². The first-order valence-electron chi connectivity index (χ1n) is 4.30. The molecule has 0 bridgehead atoms. The molecule has 0 unspecified atom stereocenters. The minimum absolute atomic E-state index is 0.00383. The summed E-state index contributed by atoms with van der Waals surface area (Å²) in [7, 11) is -3.27. The van der Waals surface area contributed by atoms with E-state index in [1.54, 1.807) is 6.92 Å². The molecule has 0 aliphatic carbocycles. The van der Waals surface area contributed by atoms with Gasteiger partial charge in [-0.3, -0.25) is 0 Å². The van der Waals surface area contributed by atoms with Crippen LogP contribution in [0, 0.1) is 22.7 Å². The fraction of sp³-hybridized carbons (Fsp3) is 0.750. The highest BCUT2D eigenvalue weighted by Crippen LogP contribution is 2.03. The average Bonchev–Trinajstić information content (AvgIpc) is 2.17. The summed E-state index contributed by atoms with van der Waals surface area (Å²) in [6.45, 7) is 1.89. The van der Waals surface area contributed by atoms with E-state index in [2.05, 4.69) is 0 Å². The molecule has 0 saturated heterocycles. The highest BCUT2D eigenvalue weighted by molar-refractivity contribution is 7.89. The number of hydrogen-bond acceptors (Lipinski definition) is 4. The van der Waals surface area contributed by atoms with E-state index in [0.29, 0.717) is 0 Å². The van der Waals surface area contributed by atoms with Crippen molar-refractivity contribution in [3.05, 3.63) is 0 Å². The summed E-state index contributed by atoms with van der Waals surface area (Å²) in [5.74, 6) is 0.00383. The zero-order valence-electron chi connectivity index (χ0n) is 8.10. The van der Waals surface area contributed by atoms with Crippen molar-refractivity contribution in [2.45, 2.75) is 19.8 Å². The Hall–Kier alpha value is -1.11. The zero-order valence-corrected chi connectivity index (χ0v) is 8.92. The van der Waals surface area contributed by atoms with E-state index in [9.17, 15) is 8.42 Å². The summed E-state index contributed by atoms with van der Waals surface area (Å²) in [6, 6.07) is 3.76. The molecule has 0 spiro atoms. The number of nitrogens with zero attached hydrogens (tertiary/aromatic N) is 3. The lowest BCUT2D eigenvalue weighted by molar-refractivity contribution is 0.426. The second kappa shape index (κ2) is 6.36. The molecule has 0 aromatic heterocycles. The molecule has 0 aromatic carbocycles. The molecule has 0 amide bonds. The first-order valence-corrected chi connectivity index (χ1v) is 5.91. The van der Waals surface area contributed by atoms with Crippen LogP contribution < -0.4 is 0 Å². The molecular formula is C8H13N3O2S. The van der Waals surface area contributed by atoms with Gasteiger partial charge in [0.25, 0.3) is 0 Å². The SMILES string of the molecule is CCS(=O)(=O)N(CCC#N)CCC#N. The maximum atomic E-state index is 11.4. The van der Waals surface area contributed by atoms with Gasteiger partial charge in [0.2, 0.25) is 10.0 Å². The van der Waals surface area contributed by atoms with Crippen LogP contribution in [0.5, 0.6) is 0 Å². The largest absolute Gasteiger partial charge is 0.213 e. The Morgan fingerprint density at radius 3 is 1.86 bits per heavy atom. The first-order chi connectivity index (χ1) is 6.58. The molecule has 0 saturated carbocycles. The van der Waals surface area contributed by atoms with Crippen molar-refractivity contribution in [2.24, 2.45) is 0 Å². The van der Waals surface area contributed by atoms with Gasteiger partial charge >= 0.3 is 0 Å². The Kier molecular flexibility index (Phi) is 5.86. The van der Waals surface area contributed by atoms with Crippen molar-refractivity contribution in [3.63, 3.8) is 0 Å². The van der Waals surface area contributed by atoms with Crippen LogP contribution in [0.3, 0.4) is 0 Å². The van der Waals surface area contributed by atoms with E-state index < -0.39 is 10.0 Å². The predicted octanol–water partition coefficient (Wildman–Crippen LogP) is 0.465. The summed E-state index contributed by atoms with van der Waals surface area (Å²) in [6.07, 6.45) is 0.315. The highest BCUT2D eigenvalue weighted by Gasteiger charge is 2.18. The lowest BCUT2D eigenvalue weighted by atomic mass is 10.4. The van der Waals surface area contributed by atoms with Crippen molar-refractivity contribution >= 4 is 10.0 Å². The Morgan fingerprint density at radius 2 is 1.57 bits per heavy atom. The van der Waals surface area contributed by atoms with Crippen molar-refractivity contribution in [1.29, 1.82) is 10.5 Å². The van der Waals surface area contributed by atoms with Gasteiger partial charge in [-0.1, -0.05) is 0 Å². The normalized spacial score (nSPS) is 10.9. The molecule has 78 valence electrons. The fourth-order valence-electron chi connectivity index (χ4n) is 0.922. The summed E-state index contributed by atoms with van der Waals surface area (Å²) < 4.78 is 24.0. The van der Waals surface area contributed by atoms with Crippen LogP contribution in [0.4, 0.5) is 0 Å². The molecule has 6 heteroatoms. The smallest absolute Gasteiger partial charge is 0.212 e. The third kappa shape index (κ3) is 4.22. The van der Waals surface area contributed by atoms with Crippen LogP contribution in [0.1, 0.15) is 19.8 Å². The standard InChI is InChI=1S/C8H13N3O2S/c1-2-14(12,13)11(7-3-5-9)8-4-6-10/h2-4,7-8H2,1H3. The molecule has 0 aliphatic heterocycles. The molecule has 0 aliphatic rings. The van der Waals surface area contributed by atoms with Crippen molar-refractivity contribution < 1.29 is 8.42 Å². The van der Waals surface area contributed by atoms with Gasteiger partial charge in [-0.2, -0.15) is 14.8 Å². The van der Waals surface area contributed by atoms with Crippen LogP contribution in [-0.2, 0) is 10.0 Å². The number of sulfonamides is 1. The van der Waals surface area contributed by atoms with Crippen LogP contribution >= 0.6 is 0 Å². The van der Waals surface area contributed by atoms with E-state index >= 15 is 0 Å². The Bertz CT molecular complexity index is 319. The molecule has 0 aromatic rings. The van der Waals surface area contributed by atoms with E-state index in [1.807, 2.05) is 12.1 Å². The van der Waals surface area contributed by atoms with Crippen molar-refractivity contribution in [2.75, 3.05) is 18.8 Å². The van der Waals surface area contributed by atoms with Gasteiger partial charge in [0.15, 0.2) is 0 Å². The van der Waals surface area contributed by atoms with Gasteiger partial charge in [-0.05, 0) is 6.92 Å². The Morgan fingerprint density at radius 1 is 1.14 bits per heavy atom. The molecule has 14 heavy (non-hydrogen) atoms. The van der Waals surface area contributed by atoms with Gasteiger partial charge in [-0.15, -0.1) is 0 Å².